The first-order valence-electron chi connectivity index (χ1n) is 29.0. The van der Waals surface area contributed by atoms with Crippen LogP contribution >= 0.6 is 27.0 Å². The van der Waals surface area contributed by atoms with Gasteiger partial charge in [-0.25, -0.2) is 8.78 Å². The van der Waals surface area contributed by atoms with E-state index in [0.29, 0.717) is 52.1 Å². The standard InChI is InChI=1S/C35H43FN2O4.C33H39FN2O4.2CH4.2H2S/c1-6-42-34(41)18-29(27-11-8-12-28(16-27)35-24(4)9-7-10-25(35)5)17-32(39)31(15-23(2)3)38-20-26(13-14-33(38)40)19-37-21-30(36)22-37;1-21(2)13-29(36-18-24(11-12-31(36)38)17-35-19-28(34)20-35)30(37)15-27(16-32(39)40)25-9-6-10-26(14-25)33-22(3)7-5-8-23(33)4;;;;/h7-14,16,20,23,29-31H,6,15,17-19,21-22H2,1-5H3;5-12,14,18,21,27-29H,13,15-17,19-20H2,1-4H3,(H,39,40);2*1H4;2*1H2/t29-,31?;27-,29?;;;;/m00..../s1. The van der Waals surface area contributed by atoms with E-state index in [4.69, 9.17) is 4.74 Å². The summed E-state index contributed by atoms with van der Waals surface area (Å²) in [4.78, 5) is 82.6. The van der Waals surface area contributed by atoms with Crippen LogP contribution in [-0.2, 0) is 37.0 Å². The number of rotatable bonds is 25. The minimum Gasteiger partial charge on any atom is -0.481 e. The van der Waals surface area contributed by atoms with Crippen molar-refractivity contribution in [1.29, 1.82) is 0 Å². The van der Waals surface area contributed by atoms with Crippen molar-refractivity contribution in [2.24, 2.45) is 11.8 Å². The van der Waals surface area contributed by atoms with Gasteiger partial charge in [-0.3, -0.25) is 38.6 Å². The van der Waals surface area contributed by atoms with Gasteiger partial charge in [-0.15, -0.1) is 0 Å². The molecule has 8 rings (SSSR count). The number of carboxylic acids is 1. The molecule has 0 spiro atoms. The van der Waals surface area contributed by atoms with Crippen molar-refractivity contribution in [2.75, 3.05) is 32.8 Å². The van der Waals surface area contributed by atoms with Gasteiger partial charge >= 0.3 is 11.9 Å². The fraction of sp³-hybridized carbons (Fsp3) is 0.457. The van der Waals surface area contributed by atoms with Gasteiger partial charge in [0.25, 0.3) is 11.1 Å². The van der Waals surface area contributed by atoms with Crippen molar-refractivity contribution < 1.29 is 37.8 Å². The van der Waals surface area contributed by atoms with Gasteiger partial charge in [0.2, 0.25) is 0 Å². The van der Waals surface area contributed by atoms with E-state index in [0.717, 1.165) is 66.8 Å². The summed E-state index contributed by atoms with van der Waals surface area (Å²) in [6.07, 6.45) is 2.77. The van der Waals surface area contributed by atoms with Crippen LogP contribution in [-0.4, -0.2) is 92.7 Å². The van der Waals surface area contributed by atoms with E-state index in [2.05, 4.69) is 38.1 Å². The van der Waals surface area contributed by atoms with Crippen LogP contribution in [0.2, 0.25) is 0 Å². The topological polar surface area (TPSA) is 148 Å². The molecule has 0 radical (unpaired) electrons. The van der Waals surface area contributed by atoms with Crippen LogP contribution in [0.1, 0.15) is 156 Å². The van der Waals surface area contributed by atoms with Gasteiger partial charge in [-0.05, 0) is 126 Å². The van der Waals surface area contributed by atoms with Crippen LogP contribution in [0.25, 0.3) is 22.3 Å². The molecule has 4 atom stereocenters. The molecule has 16 heteroatoms. The number of nitrogens with zero attached hydrogens (tertiary/aromatic N) is 4. The molecule has 0 amide bonds. The Hall–Kier alpha value is -6.46. The van der Waals surface area contributed by atoms with Gasteiger partial charge < -0.3 is 19.0 Å². The zero-order valence-corrected chi connectivity index (χ0v) is 52.2. The Morgan fingerprint density at radius 3 is 1.24 bits per heavy atom. The first-order valence-corrected chi connectivity index (χ1v) is 29.0. The number of pyridine rings is 2. The first kappa shape index (κ1) is 73.8. The third-order valence-corrected chi connectivity index (χ3v) is 15.7. The van der Waals surface area contributed by atoms with Crippen molar-refractivity contribution in [1.82, 2.24) is 18.9 Å². The number of carbonyl (C=O) groups is 4. The minimum absolute atomic E-state index is 0. The molecule has 6 aromatic rings. The second-order valence-corrected chi connectivity index (χ2v) is 23.6. The lowest BCUT2D eigenvalue weighted by Crippen LogP contribution is -2.47. The summed E-state index contributed by atoms with van der Waals surface area (Å²) in [5.74, 6) is -2.23. The number of Topliss-reactive ketones (excluding diaryl/α,β-unsaturated/α-hetero) is 2. The molecule has 2 aliphatic heterocycles. The minimum atomic E-state index is -0.976. The van der Waals surface area contributed by atoms with E-state index < -0.39 is 42.2 Å². The van der Waals surface area contributed by atoms with E-state index in [-0.39, 0.29) is 115 Å². The first-order chi connectivity index (χ1) is 39.1. The molecule has 468 valence electrons. The predicted molar refractivity (Wildman–Crippen MR) is 354 cm³/mol. The molecule has 4 heterocycles. The monoisotopic (exact) mass is 1220 g/mol. The maximum absolute atomic E-state index is 14.1. The Labute approximate surface area is 523 Å². The largest absolute Gasteiger partial charge is 0.481 e. The number of ether oxygens (including phenoxy) is 1. The number of hydrogen-bond acceptors (Lipinski definition) is 9. The highest BCUT2D eigenvalue weighted by Crippen LogP contribution is 2.36. The molecule has 4 aromatic carbocycles. The number of alkyl halides is 2. The van der Waals surface area contributed by atoms with Crippen molar-refractivity contribution in [3.63, 3.8) is 0 Å². The van der Waals surface area contributed by atoms with E-state index in [1.807, 2.05) is 112 Å². The van der Waals surface area contributed by atoms with Gasteiger partial charge in [0, 0.05) is 88.5 Å². The van der Waals surface area contributed by atoms with Crippen LogP contribution < -0.4 is 11.1 Å². The molecule has 12 nitrogen and oxygen atoms in total. The maximum Gasteiger partial charge on any atom is 0.306 e. The summed E-state index contributed by atoms with van der Waals surface area (Å²) >= 11 is 0. The molecular formula is C70H94F2N4O8S2. The number of aryl methyl sites for hydroxylation is 4. The second kappa shape index (κ2) is 34.2. The van der Waals surface area contributed by atoms with Gasteiger partial charge in [0.05, 0.1) is 31.5 Å². The zero-order chi connectivity index (χ0) is 59.4. The third kappa shape index (κ3) is 20.0. The summed E-state index contributed by atoms with van der Waals surface area (Å²) in [6, 6.07) is 33.2. The molecule has 2 fully saturated rings. The van der Waals surface area contributed by atoms with Crippen molar-refractivity contribution in [3.8, 4) is 22.3 Å². The predicted octanol–water partition coefficient (Wildman–Crippen LogP) is 14.2. The Bertz CT molecular complexity index is 3290. The Kier molecular flexibility index (Phi) is 29.3. The highest BCUT2D eigenvalue weighted by molar-refractivity contribution is 7.59. The molecular weight excluding hydrogens is 1130 g/mol. The van der Waals surface area contributed by atoms with E-state index in [9.17, 15) is 42.7 Å². The lowest BCUT2D eigenvalue weighted by molar-refractivity contribution is -0.143. The number of esters is 1. The van der Waals surface area contributed by atoms with Crippen molar-refractivity contribution in [3.05, 3.63) is 187 Å². The Morgan fingerprint density at radius 2 is 0.907 bits per heavy atom. The number of hydrogen-bond donors (Lipinski definition) is 1. The quantitative estimate of drug-likeness (QED) is 0.0549. The van der Waals surface area contributed by atoms with Gasteiger partial charge in [0.15, 0.2) is 11.6 Å². The van der Waals surface area contributed by atoms with Crippen LogP contribution in [0.15, 0.2) is 131 Å². The SMILES string of the molecule is C.C.CCOC(=O)C[C@H](CC(=O)C(CC(C)C)n1cc(CN2CC(F)C2)ccc1=O)c1cccc(-c2c(C)cccc2C)c1.Cc1cccc(C)c1-c1cccc([C@H](CC(=O)O)CC(=O)C(CC(C)C)n2cc(CN3CC(F)C3)ccc2=O)c1.S.S. The van der Waals surface area contributed by atoms with Crippen molar-refractivity contribution in [2.45, 2.75) is 165 Å². The summed E-state index contributed by atoms with van der Waals surface area (Å²) in [6.45, 7) is 20.9. The molecule has 2 saturated heterocycles. The maximum atomic E-state index is 14.1. The summed E-state index contributed by atoms with van der Waals surface area (Å²) in [5, 5.41) is 9.75. The Balaban J connectivity index is 0.000000431. The molecule has 0 bridgehead atoms. The van der Waals surface area contributed by atoms with E-state index in [1.54, 1.807) is 36.0 Å². The number of aliphatic carboxylic acids is 1. The van der Waals surface area contributed by atoms with Crippen LogP contribution in [0.3, 0.4) is 0 Å². The summed E-state index contributed by atoms with van der Waals surface area (Å²) in [7, 11) is 0. The van der Waals surface area contributed by atoms with Gasteiger partial charge in [0.1, 0.15) is 12.3 Å². The lowest BCUT2D eigenvalue weighted by Gasteiger charge is -2.34. The fourth-order valence-electron chi connectivity index (χ4n) is 11.7. The van der Waals surface area contributed by atoms with Crippen LogP contribution in [0.4, 0.5) is 8.78 Å². The third-order valence-electron chi connectivity index (χ3n) is 15.7. The highest BCUT2D eigenvalue weighted by atomic mass is 32.1. The fourth-order valence-corrected chi connectivity index (χ4v) is 11.7. The number of carbonyl (C=O) groups excluding carboxylic acids is 3. The second-order valence-electron chi connectivity index (χ2n) is 23.6. The smallest absolute Gasteiger partial charge is 0.306 e. The molecule has 1 N–H and O–H groups in total. The molecule has 2 unspecified atom stereocenters. The van der Waals surface area contributed by atoms with Gasteiger partial charge in [-0.1, -0.05) is 140 Å². The number of aromatic nitrogens is 2. The van der Waals surface area contributed by atoms with Gasteiger partial charge in [-0.2, -0.15) is 27.0 Å². The lowest BCUT2D eigenvalue weighted by atomic mass is 9.85. The summed E-state index contributed by atoms with van der Waals surface area (Å²) in [5.41, 5.74) is 11.7. The average Bonchev–Trinajstić information content (AvgIpc) is 3.19. The molecule has 0 aliphatic carbocycles. The highest BCUT2D eigenvalue weighted by Gasteiger charge is 2.32. The van der Waals surface area contributed by atoms with E-state index in [1.165, 1.54) is 16.7 Å². The Morgan fingerprint density at radius 1 is 0.547 bits per heavy atom. The number of benzene rings is 4. The normalized spacial score (nSPS) is 14.7. The van der Waals surface area contributed by atoms with E-state index >= 15 is 0 Å². The van der Waals surface area contributed by atoms with Crippen molar-refractivity contribution >= 4 is 50.5 Å². The number of halogens is 2. The molecule has 0 saturated carbocycles. The van der Waals surface area contributed by atoms with Crippen LogP contribution in [0, 0.1) is 39.5 Å². The number of carboxylic acid groups (broad SMARTS) is 1. The number of ketones is 2. The molecule has 86 heavy (non-hydrogen) atoms. The summed E-state index contributed by atoms with van der Waals surface area (Å²) < 4.78 is 35.0. The van der Waals surface area contributed by atoms with Crippen LogP contribution in [0.5, 0.6) is 0 Å². The average molecular weight is 1220 g/mol. The zero-order valence-electron chi connectivity index (χ0n) is 50.2. The number of likely N-dealkylation sites (tertiary alicyclic amines) is 2. The molecule has 2 aromatic heterocycles. The molecule has 2 aliphatic rings.